The van der Waals surface area contributed by atoms with Crippen LogP contribution in [0.15, 0.2) is 30.3 Å². The second-order valence-electron chi connectivity index (χ2n) is 4.13. The van der Waals surface area contributed by atoms with Crippen LogP contribution in [0.3, 0.4) is 0 Å². The van der Waals surface area contributed by atoms with E-state index in [0.29, 0.717) is 13.3 Å². The molecule has 0 bridgehead atoms. The molecule has 1 aromatic heterocycles. The van der Waals surface area contributed by atoms with E-state index in [1.807, 2.05) is 30.3 Å². The summed E-state index contributed by atoms with van der Waals surface area (Å²) in [6.45, 7) is 1.76. The molecule has 1 N–H and O–H groups in total. The number of para-hydroxylation sites is 1. The van der Waals surface area contributed by atoms with Crippen LogP contribution in [0, 0.1) is 11.3 Å². The number of nitrogens with one attached hydrogen (secondary N) is 1. The van der Waals surface area contributed by atoms with E-state index in [4.69, 9.17) is 14.7 Å². The van der Waals surface area contributed by atoms with Gasteiger partial charge in [-0.25, -0.2) is 0 Å². The van der Waals surface area contributed by atoms with Gasteiger partial charge in [-0.15, -0.1) is 11.3 Å². The van der Waals surface area contributed by atoms with Crippen LogP contribution in [0.25, 0.3) is 0 Å². The summed E-state index contributed by atoms with van der Waals surface area (Å²) >= 11 is 1.51. The van der Waals surface area contributed by atoms with Crippen LogP contribution in [-0.2, 0) is 13.1 Å². The fourth-order valence-corrected chi connectivity index (χ4v) is 2.76. The Labute approximate surface area is 115 Å². The zero-order valence-electron chi connectivity index (χ0n) is 10.2. The average molecular weight is 272 g/mol. The summed E-state index contributed by atoms with van der Waals surface area (Å²) in [5, 5.41) is 12.1. The first kappa shape index (κ1) is 12.0. The second kappa shape index (κ2) is 5.31. The molecule has 4 nitrogen and oxygen atoms in total. The molecule has 0 spiro atoms. The van der Waals surface area contributed by atoms with Gasteiger partial charge in [0.25, 0.3) is 0 Å². The third-order valence-corrected chi connectivity index (χ3v) is 3.85. The van der Waals surface area contributed by atoms with E-state index >= 15 is 0 Å². The van der Waals surface area contributed by atoms with Gasteiger partial charge < -0.3 is 14.8 Å². The van der Waals surface area contributed by atoms with Crippen molar-refractivity contribution in [2.75, 3.05) is 6.79 Å². The van der Waals surface area contributed by atoms with Crippen LogP contribution in [0.1, 0.15) is 15.3 Å². The lowest BCUT2D eigenvalue weighted by atomic mass is 10.2. The minimum absolute atomic E-state index is 0.294. The average Bonchev–Trinajstić information content (AvgIpc) is 3.07. The molecule has 3 rings (SSSR count). The first-order valence-corrected chi connectivity index (χ1v) is 6.75. The molecule has 0 amide bonds. The van der Waals surface area contributed by atoms with Crippen molar-refractivity contribution in [3.05, 3.63) is 45.6 Å². The van der Waals surface area contributed by atoms with Gasteiger partial charge in [0.2, 0.25) is 6.79 Å². The summed E-state index contributed by atoms with van der Waals surface area (Å²) in [4.78, 5) is 1.90. The van der Waals surface area contributed by atoms with Crippen LogP contribution in [0.5, 0.6) is 11.5 Å². The highest BCUT2D eigenvalue weighted by Gasteiger charge is 2.16. The minimum atomic E-state index is 0.294. The Morgan fingerprint density at radius 1 is 1.21 bits per heavy atom. The third kappa shape index (κ3) is 2.55. The molecular weight excluding hydrogens is 260 g/mol. The lowest BCUT2D eigenvalue weighted by molar-refractivity contribution is 0.173. The van der Waals surface area contributed by atoms with Crippen molar-refractivity contribution < 1.29 is 9.47 Å². The number of rotatable bonds is 4. The molecule has 0 fully saturated rings. The zero-order valence-corrected chi connectivity index (χ0v) is 11.0. The van der Waals surface area contributed by atoms with Crippen LogP contribution in [0.4, 0.5) is 0 Å². The minimum Gasteiger partial charge on any atom is -0.454 e. The highest BCUT2D eigenvalue weighted by molar-refractivity contribution is 7.12. The van der Waals surface area contributed by atoms with Crippen molar-refractivity contribution in [3.8, 4) is 17.6 Å². The molecular formula is C14H12N2O2S. The van der Waals surface area contributed by atoms with Crippen LogP contribution >= 0.6 is 11.3 Å². The van der Waals surface area contributed by atoms with Gasteiger partial charge in [0.15, 0.2) is 11.5 Å². The number of thiophene rings is 1. The van der Waals surface area contributed by atoms with Gasteiger partial charge in [-0.2, -0.15) is 5.26 Å². The Morgan fingerprint density at radius 3 is 3.00 bits per heavy atom. The molecule has 5 heteroatoms. The maximum atomic E-state index is 8.77. The fourth-order valence-electron chi connectivity index (χ4n) is 1.98. The fraction of sp³-hybridized carbons (Fsp3) is 0.214. The summed E-state index contributed by atoms with van der Waals surface area (Å²) in [5.74, 6) is 1.64. The number of hydrogen-bond acceptors (Lipinski definition) is 5. The summed E-state index contributed by atoms with van der Waals surface area (Å²) in [6.07, 6.45) is 0. The van der Waals surface area contributed by atoms with Gasteiger partial charge in [0.05, 0.1) is 0 Å². The molecule has 0 radical (unpaired) electrons. The number of ether oxygens (including phenoxy) is 2. The molecule has 1 aliphatic rings. The van der Waals surface area contributed by atoms with Crippen molar-refractivity contribution in [1.29, 1.82) is 5.26 Å². The molecule has 0 unspecified atom stereocenters. The first-order valence-electron chi connectivity index (χ1n) is 5.94. The molecule has 2 heterocycles. The maximum absolute atomic E-state index is 8.77. The van der Waals surface area contributed by atoms with Crippen molar-refractivity contribution in [3.63, 3.8) is 0 Å². The van der Waals surface area contributed by atoms with E-state index in [1.54, 1.807) is 0 Å². The van der Waals surface area contributed by atoms with E-state index in [1.165, 1.54) is 11.3 Å². The number of nitriles is 1. The van der Waals surface area contributed by atoms with Gasteiger partial charge in [-0.1, -0.05) is 12.1 Å². The lowest BCUT2D eigenvalue weighted by Gasteiger charge is -2.06. The highest BCUT2D eigenvalue weighted by Crippen LogP contribution is 2.35. The predicted octanol–water partition coefficient (Wildman–Crippen LogP) is 2.64. The third-order valence-electron chi connectivity index (χ3n) is 2.86. The van der Waals surface area contributed by atoms with Crippen molar-refractivity contribution in [2.45, 2.75) is 13.1 Å². The van der Waals surface area contributed by atoms with Gasteiger partial charge >= 0.3 is 0 Å². The standard InChI is InChI=1S/C14H12N2O2S/c15-6-11-4-5-12(19-11)8-16-7-10-2-1-3-13-14(10)18-9-17-13/h1-5,16H,7-9H2. The topological polar surface area (TPSA) is 54.3 Å². The number of fused-ring (bicyclic) bond motifs is 1. The Bertz CT molecular complexity index is 631. The highest BCUT2D eigenvalue weighted by atomic mass is 32.1. The molecule has 0 saturated carbocycles. The summed E-state index contributed by atoms with van der Waals surface area (Å²) in [6, 6.07) is 11.9. The Balaban J connectivity index is 1.61. The predicted molar refractivity (Wildman–Crippen MR) is 72.1 cm³/mol. The van der Waals surface area contributed by atoms with Crippen molar-refractivity contribution in [2.24, 2.45) is 0 Å². The zero-order chi connectivity index (χ0) is 13.1. The smallest absolute Gasteiger partial charge is 0.231 e. The van der Waals surface area contributed by atoms with E-state index in [9.17, 15) is 0 Å². The van der Waals surface area contributed by atoms with E-state index < -0.39 is 0 Å². The van der Waals surface area contributed by atoms with Crippen LogP contribution < -0.4 is 14.8 Å². The monoisotopic (exact) mass is 272 g/mol. The van der Waals surface area contributed by atoms with Crippen molar-refractivity contribution >= 4 is 11.3 Å². The Morgan fingerprint density at radius 2 is 2.16 bits per heavy atom. The molecule has 1 aromatic carbocycles. The summed E-state index contributed by atoms with van der Waals surface area (Å²) in [5.41, 5.74) is 1.09. The molecule has 96 valence electrons. The van der Waals surface area contributed by atoms with Crippen molar-refractivity contribution in [1.82, 2.24) is 5.32 Å². The van der Waals surface area contributed by atoms with E-state index in [2.05, 4.69) is 11.4 Å². The molecule has 0 saturated heterocycles. The normalized spacial score (nSPS) is 12.4. The Hall–Kier alpha value is -2.03. The summed E-state index contributed by atoms with van der Waals surface area (Å²) < 4.78 is 10.8. The Kier molecular flexibility index (Phi) is 3.36. The van der Waals surface area contributed by atoms with Gasteiger partial charge in [-0.3, -0.25) is 0 Å². The van der Waals surface area contributed by atoms with E-state index in [0.717, 1.165) is 33.4 Å². The largest absolute Gasteiger partial charge is 0.454 e. The number of nitrogens with zero attached hydrogens (tertiary/aromatic N) is 1. The van der Waals surface area contributed by atoms with E-state index in [-0.39, 0.29) is 0 Å². The van der Waals surface area contributed by atoms with Gasteiger partial charge in [0, 0.05) is 23.5 Å². The quantitative estimate of drug-likeness (QED) is 0.929. The molecule has 1 aliphatic heterocycles. The molecule has 0 atom stereocenters. The molecule has 0 aliphatic carbocycles. The second-order valence-corrected chi connectivity index (χ2v) is 5.30. The number of benzene rings is 1. The van der Waals surface area contributed by atoms with Crippen LogP contribution in [-0.4, -0.2) is 6.79 Å². The number of hydrogen-bond donors (Lipinski definition) is 1. The molecule has 19 heavy (non-hydrogen) atoms. The maximum Gasteiger partial charge on any atom is 0.231 e. The lowest BCUT2D eigenvalue weighted by Crippen LogP contribution is -2.12. The van der Waals surface area contributed by atoms with Gasteiger partial charge in [-0.05, 0) is 18.2 Å². The first-order chi connectivity index (χ1) is 9.36. The SMILES string of the molecule is N#Cc1ccc(CNCc2cccc3c2OCO3)s1. The van der Waals surface area contributed by atoms with Gasteiger partial charge in [0.1, 0.15) is 10.9 Å². The molecule has 2 aromatic rings. The van der Waals surface area contributed by atoms with Crippen LogP contribution in [0.2, 0.25) is 0 Å². The summed E-state index contributed by atoms with van der Waals surface area (Å²) in [7, 11) is 0.